The van der Waals surface area contributed by atoms with E-state index < -0.39 is 11.8 Å². The Kier molecular flexibility index (Phi) is 2.79. The number of aliphatic hydroxyl groups is 1. The second kappa shape index (κ2) is 3.93. The lowest BCUT2D eigenvalue weighted by Crippen LogP contribution is -2.13. The molecule has 1 aliphatic rings. The summed E-state index contributed by atoms with van der Waals surface area (Å²) in [5.74, 6) is 0. The SMILES string of the molecule is CC(F)Cc1ccccc1CC1(O)CC1. The Labute approximate surface area is 89.9 Å². The van der Waals surface area contributed by atoms with Crippen LogP contribution in [0.3, 0.4) is 0 Å². The van der Waals surface area contributed by atoms with Gasteiger partial charge in [0.15, 0.2) is 0 Å². The van der Waals surface area contributed by atoms with Crippen LogP contribution in [-0.2, 0) is 12.8 Å². The van der Waals surface area contributed by atoms with Crippen LogP contribution in [0.25, 0.3) is 0 Å². The lowest BCUT2D eigenvalue weighted by molar-refractivity contribution is 0.150. The van der Waals surface area contributed by atoms with Crippen LogP contribution in [0.2, 0.25) is 0 Å². The fraction of sp³-hybridized carbons (Fsp3) is 0.538. The van der Waals surface area contributed by atoms with E-state index in [1.54, 1.807) is 6.92 Å². The van der Waals surface area contributed by atoms with Gasteiger partial charge in [0.25, 0.3) is 0 Å². The summed E-state index contributed by atoms with van der Waals surface area (Å²) in [5.41, 5.74) is 1.64. The van der Waals surface area contributed by atoms with Crippen LogP contribution in [0.1, 0.15) is 30.9 Å². The Morgan fingerprint density at radius 2 is 1.93 bits per heavy atom. The van der Waals surface area contributed by atoms with E-state index in [1.807, 2.05) is 24.3 Å². The molecule has 1 unspecified atom stereocenters. The molecule has 1 aromatic carbocycles. The zero-order valence-corrected chi connectivity index (χ0v) is 9.04. The molecule has 0 bridgehead atoms. The third kappa shape index (κ3) is 2.78. The highest BCUT2D eigenvalue weighted by Crippen LogP contribution is 2.38. The first-order valence-corrected chi connectivity index (χ1v) is 5.52. The van der Waals surface area contributed by atoms with Crippen LogP contribution in [0, 0.1) is 0 Å². The highest BCUT2D eigenvalue weighted by molar-refractivity contribution is 5.30. The molecule has 82 valence electrons. The van der Waals surface area contributed by atoms with Crippen LogP contribution in [-0.4, -0.2) is 16.9 Å². The van der Waals surface area contributed by atoms with Gasteiger partial charge in [-0.15, -0.1) is 0 Å². The topological polar surface area (TPSA) is 20.2 Å². The summed E-state index contributed by atoms with van der Waals surface area (Å²) >= 11 is 0. The molecular formula is C13H17FO. The summed E-state index contributed by atoms with van der Waals surface area (Å²) in [6.45, 7) is 1.57. The zero-order valence-electron chi connectivity index (χ0n) is 9.04. The minimum Gasteiger partial charge on any atom is -0.390 e. The van der Waals surface area contributed by atoms with Crippen LogP contribution in [0.4, 0.5) is 4.39 Å². The minimum absolute atomic E-state index is 0.451. The first kappa shape index (κ1) is 10.6. The molecule has 0 amide bonds. The van der Waals surface area contributed by atoms with E-state index in [0.717, 1.165) is 24.0 Å². The number of hydrogen-bond acceptors (Lipinski definition) is 1. The van der Waals surface area contributed by atoms with E-state index in [0.29, 0.717) is 12.8 Å². The van der Waals surface area contributed by atoms with Crippen LogP contribution >= 0.6 is 0 Å². The van der Waals surface area contributed by atoms with Crippen molar-refractivity contribution in [2.45, 2.75) is 44.4 Å². The van der Waals surface area contributed by atoms with E-state index in [4.69, 9.17) is 0 Å². The molecule has 1 saturated carbocycles. The molecule has 0 spiro atoms. The molecule has 1 atom stereocenters. The standard InChI is InChI=1S/C13H17FO/c1-10(14)8-11-4-2-3-5-12(11)9-13(15)6-7-13/h2-5,10,15H,6-9H2,1H3. The minimum atomic E-state index is -0.819. The van der Waals surface area contributed by atoms with E-state index in [1.165, 1.54) is 0 Å². The summed E-state index contributed by atoms with van der Waals surface area (Å²) in [4.78, 5) is 0. The summed E-state index contributed by atoms with van der Waals surface area (Å²) in [5, 5.41) is 9.85. The molecule has 1 N–H and O–H groups in total. The summed E-state index contributed by atoms with van der Waals surface area (Å²) in [7, 11) is 0. The Hall–Kier alpha value is -0.890. The molecule has 0 radical (unpaired) electrons. The molecule has 0 saturated heterocycles. The van der Waals surface area contributed by atoms with E-state index >= 15 is 0 Å². The van der Waals surface area contributed by atoms with Crippen molar-refractivity contribution in [2.24, 2.45) is 0 Å². The fourth-order valence-electron chi connectivity index (χ4n) is 1.91. The quantitative estimate of drug-likeness (QED) is 0.806. The lowest BCUT2D eigenvalue weighted by atomic mass is 9.97. The lowest BCUT2D eigenvalue weighted by Gasteiger charge is -2.13. The maximum absolute atomic E-state index is 13.0. The van der Waals surface area contributed by atoms with Crippen molar-refractivity contribution in [3.8, 4) is 0 Å². The van der Waals surface area contributed by atoms with Gasteiger partial charge >= 0.3 is 0 Å². The van der Waals surface area contributed by atoms with Crippen LogP contribution < -0.4 is 0 Å². The maximum Gasteiger partial charge on any atom is 0.101 e. The highest BCUT2D eigenvalue weighted by atomic mass is 19.1. The van der Waals surface area contributed by atoms with E-state index in [-0.39, 0.29) is 0 Å². The molecule has 15 heavy (non-hydrogen) atoms. The maximum atomic E-state index is 13.0. The molecule has 1 fully saturated rings. The largest absolute Gasteiger partial charge is 0.390 e. The van der Waals surface area contributed by atoms with Gasteiger partial charge in [0, 0.05) is 12.8 Å². The number of halogens is 1. The fourth-order valence-corrected chi connectivity index (χ4v) is 1.91. The number of rotatable bonds is 4. The Morgan fingerprint density at radius 3 is 2.47 bits per heavy atom. The smallest absolute Gasteiger partial charge is 0.101 e. The van der Waals surface area contributed by atoms with Gasteiger partial charge in [-0.1, -0.05) is 24.3 Å². The Balaban J connectivity index is 2.14. The summed E-state index contributed by atoms with van der Waals surface area (Å²) < 4.78 is 13.0. The van der Waals surface area contributed by atoms with Crippen molar-refractivity contribution in [3.63, 3.8) is 0 Å². The Bertz CT molecular complexity index is 342. The van der Waals surface area contributed by atoms with Gasteiger partial charge in [-0.25, -0.2) is 4.39 Å². The van der Waals surface area contributed by atoms with Gasteiger partial charge in [0.2, 0.25) is 0 Å². The molecular weight excluding hydrogens is 191 g/mol. The van der Waals surface area contributed by atoms with Gasteiger partial charge in [0.05, 0.1) is 5.60 Å². The molecule has 2 rings (SSSR count). The van der Waals surface area contributed by atoms with Crippen LogP contribution in [0.15, 0.2) is 24.3 Å². The predicted molar refractivity (Wildman–Crippen MR) is 58.6 cm³/mol. The average molecular weight is 208 g/mol. The molecule has 0 aromatic heterocycles. The molecule has 1 aromatic rings. The molecule has 0 aliphatic heterocycles. The third-order valence-corrected chi connectivity index (χ3v) is 2.97. The first-order chi connectivity index (χ1) is 7.09. The van der Waals surface area contributed by atoms with Gasteiger partial charge in [-0.05, 0) is 30.9 Å². The first-order valence-electron chi connectivity index (χ1n) is 5.52. The number of benzene rings is 1. The van der Waals surface area contributed by atoms with Crippen molar-refractivity contribution < 1.29 is 9.50 Å². The van der Waals surface area contributed by atoms with Gasteiger partial charge in [-0.2, -0.15) is 0 Å². The summed E-state index contributed by atoms with van der Waals surface area (Å²) in [6, 6.07) is 7.83. The molecule has 1 aliphatic carbocycles. The van der Waals surface area contributed by atoms with Crippen molar-refractivity contribution in [1.82, 2.24) is 0 Å². The van der Waals surface area contributed by atoms with Crippen molar-refractivity contribution >= 4 is 0 Å². The normalized spacial score (nSPS) is 19.9. The second-order valence-corrected chi connectivity index (χ2v) is 4.65. The van der Waals surface area contributed by atoms with Crippen molar-refractivity contribution in [3.05, 3.63) is 35.4 Å². The molecule has 1 nitrogen and oxygen atoms in total. The van der Waals surface area contributed by atoms with Crippen molar-refractivity contribution in [1.29, 1.82) is 0 Å². The number of alkyl halides is 1. The van der Waals surface area contributed by atoms with Crippen molar-refractivity contribution in [2.75, 3.05) is 0 Å². The van der Waals surface area contributed by atoms with Gasteiger partial charge in [0.1, 0.15) is 6.17 Å². The zero-order chi connectivity index (χ0) is 10.9. The molecule has 2 heteroatoms. The number of hydrogen-bond donors (Lipinski definition) is 1. The molecule has 0 heterocycles. The third-order valence-electron chi connectivity index (χ3n) is 2.97. The van der Waals surface area contributed by atoms with Gasteiger partial charge in [-0.3, -0.25) is 0 Å². The Morgan fingerprint density at radius 1 is 1.33 bits per heavy atom. The average Bonchev–Trinajstić information content (AvgIpc) is 2.86. The highest BCUT2D eigenvalue weighted by Gasteiger charge is 2.40. The van der Waals surface area contributed by atoms with E-state index in [2.05, 4.69) is 0 Å². The second-order valence-electron chi connectivity index (χ2n) is 4.65. The monoisotopic (exact) mass is 208 g/mol. The summed E-state index contributed by atoms with van der Waals surface area (Å²) in [6.07, 6.45) is 2.07. The van der Waals surface area contributed by atoms with E-state index in [9.17, 15) is 9.50 Å². The van der Waals surface area contributed by atoms with Gasteiger partial charge < -0.3 is 5.11 Å². The predicted octanol–water partition coefficient (Wildman–Crippen LogP) is 2.65. The van der Waals surface area contributed by atoms with Crippen LogP contribution in [0.5, 0.6) is 0 Å².